The summed E-state index contributed by atoms with van der Waals surface area (Å²) in [6, 6.07) is 6.42. The van der Waals surface area contributed by atoms with E-state index in [1.807, 2.05) is 0 Å². The number of carbonyl (C=O) groups excluding carboxylic acids is 1. The van der Waals surface area contributed by atoms with Gasteiger partial charge in [-0.2, -0.15) is 8.78 Å². The molecule has 0 radical (unpaired) electrons. The van der Waals surface area contributed by atoms with E-state index in [2.05, 4.69) is 10.1 Å². The highest BCUT2D eigenvalue weighted by atomic mass is 19.3. The largest absolute Gasteiger partial charge is 0.435 e. The van der Waals surface area contributed by atoms with Crippen LogP contribution < -0.4 is 10.1 Å². The molecular weight excluding hydrogens is 264 g/mol. The first-order valence-electron chi connectivity index (χ1n) is 6.67. The predicted molar refractivity (Wildman–Crippen MR) is 72.5 cm³/mol. The molecule has 0 heterocycles. The third-order valence-corrected chi connectivity index (χ3v) is 3.23. The Hall–Kier alpha value is -1.91. The van der Waals surface area contributed by atoms with E-state index in [1.165, 1.54) is 31.1 Å². The summed E-state index contributed by atoms with van der Waals surface area (Å²) in [5.74, 6) is -0.0163. The zero-order valence-electron chi connectivity index (χ0n) is 11.0. The van der Waals surface area contributed by atoms with E-state index in [0.29, 0.717) is 0 Å². The van der Waals surface area contributed by atoms with E-state index < -0.39 is 6.61 Å². The molecule has 0 aliphatic heterocycles. The van der Waals surface area contributed by atoms with Crippen LogP contribution in [0.15, 0.2) is 30.3 Å². The maximum Gasteiger partial charge on any atom is 0.387 e. The van der Waals surface area contributed by atoms with Crippen molar-refractivity contribution in [2.75, 3.05) is 0 Å². The van der Waals surface area contributed by atoms with Gasteiger partial charge in [-0.05, 0) is 36.6 Å². The van der Waals surface area contributed by atoms with E-state index in [-0.39, 0.29) is 17.7 Å². The minimum atomic E-state index is -2.83. The predicted octanol–water partition coefficient (Wildman–Crippen LogP) is 3.36. The first-order valence-corrected chi connectivity index (χ1v) is 6.67. The Morgan fingerprint density at radius 3 is 2.50 bits per heavy atom. The van der Waals surface area contributed by atoms with Crippen LogP contribution in [0.4, 0.5) is 8.78 Å². The van der Waals surface area contributed by atoms with Crippen LogP contribution >= 0.6 is 0 Å². The molecule has 108 valence electrons. The third-order valence-electron chi connectivity index (χ3n) is 3.23. The summed E-state index contributed by atoms with van der Waals surface area (Å²) in [7, 11) is 0. The molecule has 5 heteroatoms. The Kier molecular flexibility index (Phi) is 5.09. The van der Waals surface area contributed by atoms with Crippen molar-refractivity contribution in [3.05, 3.63) is 35.9 Å². The van der Waals surface area contributed by atoms with Crippen LogP contribution in [0.1, 0.15) is 31.2 Å². The topological polar surface area (TPSA) is 38.3 Å². The quantitative estimate of drug-likeness (QED) is 0.840. The Morgan fingerprint density at radius 1 is 1.25 bits per heavy atom. The lowest BCUT2D eigenvalue weighted by Crippen LogP contribution is -2.30. The molecular formula is C15H17F2NO2. The summed E-state index contributed by atoms with van der Waals surface area (Å²) in [5, 5.41) is 2.94. The smallest absolute Gasteiger partial charge is 0.387 e. The minimum Gasteiger partial charge on any atom is -0.435 e. The van der Waals surface area contributed by atoms with Crippen LogP contribution in [0.3, 0.4) is 0 Å². The molecule has 0 spiro atoms. The molecule has 1 fully saturated rings. The van der Waals surface area contributed by atoms with Gasteiger partial charge in [0.25, 0.3) is 0 Å². The van der Waals surface area contributed by atoms with Crippen molar-refractivity contribution in [2.45, 2.75) is 38.3 Å². The van der Waals surface area contributed by atoms with Gasteiger partial charge in [0, 0.05) is 12.1 Å². The van der Waals surface area contributed by atoms with E-state index in [0.717, 1.165) is 18.4 Å². The number of alkyl halides is 2. The van der Waals surface area contributed by atoms with Crippen molar-refractivity contribution in [1.82, 2.24) is 5.32 Å². The third kappa shape index (κ3) is 4.64. The molecule has 1 N–H and O–H groups in total. The number of ether oxygens (including phenoxy) is 1. The monoisotopic (exact) mass is 281 g/mol. The number of rotatable bonds is 5. The second-order valence-electron chi connectivity index (χ2n) is 4.77. The van der Waals surface area contributed by atoms with Crippen LogP contribution in [-0.4, -0.2) is 18.6 Å². The first-order chi connectivity index (χ1) is 9.63. The van der Waals surface area contributed by atoms with Gasteiger partial charge in [-0.3, -0.25) is 4.79 Å². The zero-order chi connectivity index (χ0) is 14.4. The summed E-state index contributed by atoms with van der Waals surface area (Å²) in [5.41, 5.74) is 0.758. The van der Waals surface area contributed by atoms with Crippen molar-refractivity contribution >= 4 is 12.0 Å². The molecule has 1 aromatic rings. The molecule has 0 saturated heterocycles. The molecule has 0 atom stereocenters. The average Bonchev–Trinajstić information content (AvgIpc) is 2.90. The van der Waals surface area contributed by atoms with Gasteiger partial charge in [0.1, 0.15) is 5.75 Å². The van der Waals surface area contributed by atoms with Crippen molar-refractivity contribution in [3.63, 3.8) is 0 Å². The highest BCUT2D eigenvalue weighted by molar-refractivity contribution is 5.91. The SMILES string of the molecule is O=C(/C=C/c1ccc(OC(F)F)cc1)NC1CCCC1. The van der Waals surface area contributed by atoms with Gasteiger partial charge in [-0.25, -0.2) is 0 Å². The Bertz CT molecular complexity index is 465. The number of hydrogen-bond acceptors (Lipinski definition) is 2. The summed E-state index contributed by atoms with van der Waals surface area (Å²) < 4.78 is 28.2. The highest BCUT2D eigenvalue weighted by Crippen LogP contribution is 2.18. The van der Waals surface area contributed by atoms with Crippen LogP contribution in [0.2, 0.25) is 0 Å². The molecule has 1 aliphatic rings. The van der Waals surface area contributed by atoms with Gasteiger partial charge in [0.05, 0.1) is 0 Å². The number of benzene rings is 1. The maximum absolute atomic E-state index is 12.0. The van der Waals surface area contributed by atoms with Crippen LogP contribution in [0, 0.1) is 0 Å². The minimum absolute atomic E-state index is 0.104. The number of nitrogens with one attached hydrogen (secondary N) is 1. The lowest BCUT2D eigenvalue weighted by Gasteiger charge is -2.09. The molecule has 3 nitrogen and oxygen atoms in total. The molecule has 0 unspecified atom stereocenters. The fourth-order valence-electron chi connectivity index (χ4n) is 2.25. The number of amides is 1. The highest BCUT2D eigenvalue weighted by Gasteiger charge is 2.15. The van der Waals surface area contributed by atoms with E-state index in [1.54, 1.807) is 18.2 Å². The lowest BCUT2D eigenvalue weighted by atomic mass is 10.2. The summed E-state index contributed by atoms with van der Waals surface area (Å²) in [4.78, 5) is 11.7. The van der Waals surface area contributed by atoms with Crippen molar-refractivity contribution < 1.29 is 18.3 Å². The Morgan fingerprint density at radius 2 is 1.90 bits per heavy atom. The molecule has 0 bridgehead atoms. The molecule has 1 aromatic carbocycles. The maximum atomic E-state index is 12.0. The Balaban J connectivity index is 1.85. The average molecular weight is 281 g/mol. The lowest BCUT2D eigenvalue weighted by molar-refractivity contribution is -0.117. The Labute approximate surface area is 116 Å². The van der Waals surface area contributed by atoms with Crippen LogP contribution in [0.25, 0.3) is 6.08 Å². The van der Waals surface area contributed by atoms with Gasteiger partial charge in [-0.15, -0.1) is 0 Å². The van der Waals surface area contributed by atoms with E-state index in [9.17, 15) is 13.6 Å². The number of halogens is 2. The van der Waals surface area contributed by atoms with Crippen LogP contribution in [-0.2, 0) is 4.79 Å². The van der Waals surface area contributed by atoms with Crippen molar-refractivity contribution in [2.24, 2.45) is 0 Å². The molecule has 1 aliphatic carbocycles. The molecule has 2 rings (SSSR count). The van der Waals surface area contributed by atoms with E-state index >= 15 is 0 Å². The second kappa shape index (κ2) is 7.03. The first kappa shape index (κ1) is 14.5. The zero-order valence-corrected chi connectivity index (χ0v) is 11.0. The number of carbonyl (C=O) groups is 1. The molecule has 1 amide bonds. The summed E-state index contributed by atoms with van der Waals surface area (Å²) in [6.45, 7) is -2.83. The summed E-state index contributed by atoms with van der Waals surface area (Å²) in [6.07, 6.45) is 7.52. The fraction of sp³-hybridized carbons (Fsp3) is 0.400. The van der Waals surface area contributed by atoms with E-state index in [4.69, 9.17) is 0 Å². The van der Waals surface area contributed by atoms with Crippen LogP contribution in [0.5, 0.6) is 5.75 Å². The van der Waals surface area contributed by atoms with Gasteiger partial charge in [0.2, 0.25) is 5.91 Å². The van der Waals surface area contributed by atoms with Gasteiger partial charge in [-0.1, -0.05) is 25.0 Å². The van der Waals surface area contributed by atoms with Gasteiger partial charge < -0.3 is 10.1 Å². The van der Waals surface area contributed by atoms with Gasteiger partial charge in [0.15, 0.2) is 0 Å². The fourth-order valence-corrected chi connectivity index (χ4v) is 2.25. The molecule has 0 aromatic heterocycles. The second-order valence-corrected chi connectivity index (χ2v) is 4.77. The molecule has 1 saturated carbocycles. The molecule has 20 heavy (non-hydrogen) atoms. The summed E-state index contributed by atoms with van der Waals surface area (Å²) >= 11 is 0. The standard InChI is InChI=1S/C15H17F2NO2/c16-15(17)20-13-8-5-11(6-9-13)7-10-14(19)18-12-3-1-2-4-12/h5-10,12,15H,1-4H2,(H,18,19)/b10-7+. The van der Waals surface area contributed by atoms with Crippen molar-refractivity contribution in [3.8, 4) is 5.75 Å². The number of hydrogen-bond donors (Lipinski definition) is 1. The normalized spacial score (nSPS) is 15.9. The van der Waals surface area contributed by atoms with Crippen molar-refractivity contribution in [1.29, 1.82) is 0 Å². The van der Waals surface area contributed by atoms with Gasteiger partial charge >= 0.3 is 6.61 Å².